The van der Waals surface area contributed by atoms with Crippen molar-refractivity contribution in [2.75, 3.05) is 19.6 Å². The van der Waals surface area contributed by atoms with Crippen molar-refractivity contribution in [2.45, 2.75) is 52.1 Å². The molecule has 0 amide bonds. The molecule has 108 valence electrons. The maximum atomic E-state index is 12.1. The zero-order chi connectivity index (χ0) is 13.8. The van der Waals surface area contributed by atoms with Crippen LogP contribution in [0.15, 0.2) is 0 Å². The predicted octanol–water partition coefficient (Wildman–Crippen LogP) is 1.10. The molecule has 6 heteroatoms. The molecular weight excluding hydrogens is 252 g/mol. The van der Waals surface area contributed by atoms with Crippen molar-refractivity contribution in [3.8, 4) is 0 Å². The largest absolute Gasteiger partial charge is 0.389 e. The van der Waals surface area contributed by atoms with Gasteiger partial charge in [-0.05, 0) is 31.6 Å². The van der Waals surface area contributed by atoms with Crippen LogP contribution in [0.25, 0.3) is 0 Å². The quantitative estimate of drug-likeness (QED) is 0.764. The summed E-state index contributed by atoms with van der Waals surface area (Å²) in [5, 5.41) is 10.1. The Morgan fingerprint density at radius 3 is 2.50 bits per heavy atom. The summed E-state index contributed by atoms with van der Waals surface area (Å²) in [6.07, 6.45) is 3.08. The molecule has 0 aliphatic carbocycles. The molecule has 1 heterocycles. The van der Waals surface area contributed by atoms with Gasteiger partial charge in [0.1, 0.15) is 0 Å². The van der Waals surface area contributed by atoms with Gasteiger partial charge in [-0.15, -0.1) is 0 Å². The summed E-state index contributed by atoms with van der Waals surface area (Å²) in [6, 6.07) is 0. The molecule has 1 aliphatic rings. The van der Waals surface area contributed by atoms with Crippen LogP contribution in [-0.2, 0) is 10.2 Å². The average Bonchev–Trinajstić information content (AvgIpc) is 2.36. The number of rotatable bonds is 6. The third-order valence-electron chi connectivity index (χ3n) is 3.86. The molecule has 1 fully saturated rings. The van der Waals surface area contributed by atoms with Crippen molar-refractivity contribution >= 4 is 10.2 Å². The fourth-order valence-electron chi connectivity index (χ4n) is 2.18. The molecule has 5 nitrogen and oxygen atoms in total. The van der Waals surface area contributed by atoms with Crippen molar-refractivity contribution in [1.29, 1.82) is 0 Å². The maximum Gasteiger partial charge on any atom is 0.279 e. The van der Waals surface area contributed by atoms with Crippen molar-refractivity contribution in [2.24, 2.45) is 5.92 Å². The smallest absolute Gasteiger partial charge is 0.279 e. The van der Waals surface area contributed by atoms with Crippen molar-refractivity contribution in [1.82, 2.24) is 9.03 Å². The topological polar surface area (TPSA) is 69.6 Å². The minimum Gasteiger partial charge on any atom is -0.389 e. The van der Waals surface area contributed by atoms with Gasteiger partial charge in [0.05, 0.1) is 5.60 Å². The third kappa shape index (κ3) is 4.19. The minimum atomic E-state index is -3.45. The predicted molar refractivity (Wildman–Crippen MR) is 72.4 cm³/mol. The van der Waals surface area contributed by atoms with E-state index < -0.39 is 15.8 Å². The maximum absolute atomic E-state index is 12.1. The molecular formula is C12H26N2O3S. The highest BCUT2D eigenvalue weighted by Crippen LogP contribution is 2.19. The van der Waals surface area contributed by atoms with E-state index in [1.807, 2.05) is 13.8 Å². The van der Waals surface area contributed by atoms with Gasteiger partial charge in [-0.25, -0.2) is 0 Å². The first kappa shape index (κ1) is 15.9. The Morgan fingerprint density at radius 1 is 1.39 bits per heavy atom. The van der Waals surface area contributed by atoms with Gasteiger partial charge in [-0.2, -0.15) is 17.4 Å². The van der Waals surface area contributed by atoms with Crippen molar-refractivity contribution in [3.63, 3.8) is 0 Å². The second kappa shape index (κ2) is 6.32. The summed E-state index contributed by atoms with van der Waals surface area (Å²) >= 11 is 0. The Labute approximate surface area is 111 Å². The summed E-state index contributed by atoms with van der Waals surface area (Å²) < 4.78 is 28.3. The van der Waals surface area contributed by atoms with Crippen LogP contribution in [-0.4, -0.2) is 43.1 Å². The first-order valence-corrected chi connectivity index (χ1v) is 8.24. The SMILES string of the molecule is CCC(O)(CC)CNS(=O)(=O)N1CCCC(C)C1. The molecule has 0 aromatic carbocycles. The second-order valence-corrected chi connectivity index (χ2v) is 7.12. The Balaban J connectivity index is 2.59. The number of nitrogens with zero attached hydrogens (tertiary/aromatic N) is 1. The molecule has 1 aliphatic heterocycles. The first-order chi connectivity index (χ1) is 8.33. The highest BCUT2D eigenvalue weighted by molar-refractivity contribution is 7.87. The van der Waals surface area contributed by atoms with Gasteiger partial charge in [-0.3, -0.25) is 0 Å². The van der Waals surface area contributed by atoms with E-state index >= 15 is 0 Å². The Hall–Kier alpha value is -0.170. The Bertz CT molecular complexity index is 352. The van der Waals surface area contributed by atoms with E-state index in [-0.39, 0.29) is 6.54 Å². The summed E-state index contributed by atoms with van der Waals surface area (Å²) in [5.41, 5.74) is -0.936. The monoisotopic (exact) mass is 278 g/mol. The van der Waals surface area contributed by atoms with Gasteiger partial charge in [0.15, 0.2) is 0 Å². The van der Waals surface area contributed by atoms with Crippen LogP contribution in [0.2, 0.25) is 0 Å². The zero-order valence-corrected chi connectivity index (χ0v) is 12.5. The van der Waals surface area contributed by atoms with E-state index in [2.05, 4.69) is 11.6 Å². The van der Waals surface area contributed by atoms with Gasteiger partial charge in [0.25, 0.3) is 10.2 Å². The number of aliphatic hydroxyl groups is 1. The van der Waals surface area contributed by atoms with Gasteiger partial charge in [-0.1, -0.05) is 20.8 Å². The van der Waals surface area contributed by atoms with Gasteiger partial charge >= 0.3 is 0 Å². The molecule has 18 heavy (non-hydrogen) atoms. The molecule has 2 N–H and O–H groups in total. The molecule has 0 aromatic rings. The zero-order valence-electron chi connectivity index (χ0n) is 11.6. The van der Waals surface area contributed by atoms with Gasteiger partial charge in [0, 0.05) is 19.6 Å². The second-order valence-electron chi connectivity index (χ2n) is 5.36. The van der Waals surface area contributed by atoms with Crippen LogP contribution >= 0.6 is 0 Å². The van der Waals surface area contributed by atoms with Crippen LogP contribution < -0.4 is 4.72 Å². The lowest BCUT2D eigenvalue weighted by Crippen LogP contribution is -2.50. The van der Waals surface area contributed by atoms with E-state index in [1.165, 1.54) is 4.31 Å². The van der Waals surface area contributed by atoms with Gasteiger partial charge in [0.2, 0.25) is 0 Å². The Morgan fingerprint density at radius 2 is 2.00 bits per heavy atom. The lowest BCUT2D eigenvalue weighted by atomic mass is 9.98. The average molecular weight is 278 g/mol. The van der Waals surface area contributed by atoms with E-state index in [9.17, 15) is 13.5 Å². The number of piperidine rings is 1. The summed E-state index contributed by atoms with van der Waals surface area (Å²) in [4.78, 5) is 0. The molecule has 0 saturated carbocycles. The van der Waals surface area contributed by atoms with Crippen LogP contribution in [0.3, 0.4) is 0 Å². The van der Waals surface area contributed by atoms with Crippen molar-refractivity contribution < 1.29 is 13.5 Å². The molecule has 0 aromatic heterocycles. The number of hydrogen-bond donors (Lipinski definition) is 2. The van der Waals surface area contributed by atoms with Crippen LogP contribution in [0.5, 0.6) is 0 Å². The van der Waals surface area contributed by atoms with Crippen LogP contribution in [0.4, 0.5) is 0 Å². The van der Waals surface area contributed by atoms with Crippen molar-refractivity contribution in [3.05, 3.63) is 0 Å². The lowest BCUT2D eigenvalue weighted by molar-refractivity contribution is 0.0372. The minimum absolute atomic E-state index is 0.0905. The van der Waals surface area contributed by atoms with E-state index in [0.29, 0.717) is 31.8 Å². The highest BCUT2D eigenvalue weighted by atomic mass is 32.2. The van der Waals surface area contributed by atoms with Crippen LogP contribution in [0, 0.1) is 5.92 Å². The fourth-order valence-corrected chi connectivity index (χ4v) is 3.64. The number of hydrogen-bond acceptors (Lipinski definition) is 3. The normalized spacial score (nSPS) is 23.2. The first-order valence-electron chi connectivity index (χ1n) is 6.80. The van der Waals surface area contributed by atoms with Gasteiger partial charge < -0.3 is 5.11 Å². The summed E-state index contributed by atoms with van der Waals surface area (Å²) in [6.45, 7) is 7.03. The van der Waals surface area contributed by atoms with E-state index in [1.54, 1.807) is 0 Å². The van der Waals surface area contributed by atoms with Crippen LogP contribution in [0.1, 0.15) is 46.5 Å². The molecule has 0 radical (unpaired) electrons. The molecule has 1 rings (SSSR count). The fraction of sp³-hybridized carbons (Fsp3) is 1.00. The standard InChI is InChI=1S/C12H26N2O3S/c1-4-12(15,5-2)10-13-18(16,17)14-8-6-7-11(3)9-14/h11,13,15H,4-10H2,1-3H3. The third-order valence-corrected chi connectivity index (χ3v) is 5.38. The lowest BCUT2D eigenvalue weighted by Gasteiger charge is -2.32. The Kier molecular flexibility index (Phi) is 5.58. The molecule has 0 spiro atoms. The highest BCUT2D eigenvalue weighted by Gasteiger charge is 2.30. The molecule has 1 unspecified atom stereocenters. The van der Waals surface area contributed by atoms with E-state index in [4.69, 9.17) is 0 Å². The molecule has 1 atom stereocenters. The number of nitrogens with one attached hydrogen (secondary N) is 1. The summed E-state index contributed by atoms with van der Waals surface area (Å²) in [5.74, 6) is 0.409. The summed E-state index contributed by atoms with van der Waals surface area (Å²) in [7, 11) is -3.45. The molecule has 1 saturated heterocycles. The molecule has 0 bridgehead atoms. The van der Waals surface area contributed by atoms with E-state index in [0.717, 1.165) is 12.8 Å².